The molecule has 1 N–H and O–H groups in total. The van der Waals surface area contributed by atoms with E-state index in [2.05, 4.69) is 37.9 Å². The van der Waals surface area contributed by atoms with Crippen molar-refractivity contribution in [1.29, 1.82) is 0 Å². The number of likely N-dealkylation sites (N-methyl/N-ethyl adjacent to an activating group) is 1. The Kier molecular flexibility index (Phi) is 7.92. The van der Waals surface area contributed by atoms with Crippen LogP contribution in [0.25, 0.3) is 0 Å². The van der Waals surface area contributed by atoms with Crippen molar-refractivity contribution in [3.05, 3.63) is 0 Å². The zero-order valence-electron chi connectivity index (χ0n) is 13.0. The van der Waals surface area contributed by atoms with Gasteiger partial charge in [-0.3, -0.25) is 4.90 Å². The second-order valence-corrected chi connectivity index (χ2v) is 6.38. The van der Waals surface area contributed by atoms with Crippen LogP contribution in [0.15, 0.2) is 0 Å². The fourth-order valence-corrected chi connectivity index (χ4v) is 2.83. The van der Waals surface area contributed by atoms with Crippen molar-refractivity contribution in [3.63, 3.8) is 0 Å². The van der Waals surface area contributed by atoms with Gasteiger partial charge in [0.25, 0.3) is 0 Å². The van der Waals surface area contributed by atoms with Crippen LogP contribution in [0, 0.1) is 11.8 Å². The summed E-state index contributed by atoms with van der Waals surface area (Å²) in [6.07, 6.45) is 7.04. The maximum atomic E-state index is 3.65. The summed E-state index contributed by atoms with van der Waals surface area (Å²) in [7, 11) is 0. The monoisotopic (exact) mass is 254 g/mol. The number of nitrogens with one attached hydrogen (secondary N) is 1. The lowest BCUT2D eigenvalue weighted by atomic mass is 9.84. The zero-order chi connectivity index (χ0) is 13.4. The van der Waals surface area contributed by atoms with Gasteiger partial charge in [0.15, 0.2) is 0 Å². The van der Waals surface area contributed by atoms with Crippen molar-refractivity contribution in [1.82, 2.24) is 10.2 Å². The molecule has 1 saturated carbocycles. The molecule has 0 aliphatic heterocycles. The normalized spacial score (nSPS) is 18.3. The van der Waals surface area contributed by atoms with E-state index in [0.29, 0.717) is 0 Å². The van der Waals surface area contributed by atoms with Gasteiger partial charge in [0, 0.05) is 19.1 Å². The minimum atomic E-state index is 0.749. The number of rotatable bonds is 10. The largest absolute Gasteiger partial charge is 0.315 e. The summed E-state index contributed by atoms with van der Waals surface area (Å²) in [4.78, 5) is 2.72. The fourth-order valence-electron chi connectivity index (χ4n) is 2.83. The molecule has 0 aromatic carbocycles. The first-order valence-corrected chi connectivity index (χ1v) is 8.12. The lowest BCUT2D eigenvalue weighted by Gasteiger charge is -2.37. The molecular weight excluding hydrogens is 220 g/mol. The molecule has 1 unspecified atom stereocenters. The summed E-state index contributed by atoms with van der Waals surface area (Å²) < 4.78 is 0. The molecule has 1 aliphatic carbocycles. The van der Waals surface area contributed by atoms with E-state index in [4.69, 9.17) is 0 Å². The average molecular weight is 254 g/mol. The van der Waals surface area contributed by atoms with Gasteiger partial charge in [-0.1, -0.05) is 40.5 Å². The second-order valence-electron chi connectivity index (χ2n) is 6.38. The SMILES string of the molecule is CCCC(CNCC(C)C)N(CC)CC1CCC1. The van der Waals surface area contributed by atoms with Crippen LogP contribution in [0.4, 0.5) is 0 Å². The first-order valence-electron chi connectivity index (χ1n) is 8.12. The average Bonchev–Trinajstić information content (AvgIpc) is 2.27. The molecule has 0 heterocycles. The Morgan fingerprint density at radius 3 is 2.33 bits per heavy atom. The zero-order valence-corrected chi connectivity index (χ0v) is 13.0. The molecule has 0 spiro atoms. The maximum Gasteiger partial charge on any atom is 0.0220 e. The van der Waals surface area contributed by atoms with E-state index in [1.54, 1.807) is 0 Å². The summed E-state index contributed by atoms with van der Waals surface area (Å²) in [5.41, 5.74) is 0. The Balaban J connectivity index is 2.34. The summed E-state index contributed by atoms with van der Waals surface area (Å²) in [5, 5.41) is 3.65. The summed E-state index contributed by atoms with van der Waals surface area (Å²) in [6, 6.07) is 0.749. The first-order chi connectivity index (χ1) is 8.67. The predicted octanol–water partition coefficient (Wildman–Crippen LogP) is 3.52. The quantitative estimate of drug-likeness (QED) is 0.641. The lowest BCUT2D eigenvalue weighted by molar-refractivity contribution is 0.129. The van der Waals surface area contributed by atoms with Gasteiger partial charge in [-0.05, 0) is 44.2 Å². The molecule has 0 amide bonds. The van der Waals surface area contributed by atoms with Crippen LogP contribution in [0.5, 0.6) is 0 Å². The molecule has 0 bridgehead atoms. The van der Waals surface area contributed by atoms with E-state index < -0.39 is 0 Å². The van der Waals surface area contributed by atoms with Crippen LogP contribution in [0.1, 0.15) is 59.8 Å². The van der Waals surface area contributed by atoms with Gasteiger partial charge >= 0.3 is 0 Å². The molecule has 0 aromatic heterocycles. The van der Waals surface area contributed by atoms with Crippen LogP contribution in [-0.2, 0) is 0 Å². The van der Waals surface area contributed by atoms with Crippen molar-refractivity contribution in [2.75, 3.05) is 26.2 Å². The fraction of sp³-hybridized carbons (Fsp3) is 1.00. The molecule has 1 fully saturated rings. The van der Waals surface area contributed by atoms with Crippen molar-refractivity contribution < 1.29 is 0 Å². The standard InChI is InChI=1S/C16H34N2/c1-5-8-16(12-17-11-14(3)4)18(6-2)13-15-9-7-10-15/h14-17H,5-13H2,1-4H3. The van der Waals surface area contributed by atoms with Gasteiger partial charge in [0.2, 0.25) is 0 Å². The molecule has 2 nitrogen and oxygen atoms in total. The Hall–Kier alpha value is -0.0800. The Bertz CT molecular complexity index is 199. The van der Waals surface area contributed by atoms with Gasteiger partial charge in [-0.15, -0.1) is 0 Å². The first kappa shape index (κ1) is 16.0. The van der Waals surface area contributed by atoms with Crippen LogP contribution < -0.4 is 5.32 Å². The summed E-state index contributed by atoms with van der Waals surface area (Å²) in [6.45, 7) is 14.1. The Morgan fingerprint density at radius 1 is 1.17 bits per heavy atom. The highest BCUT2D eigenvalue weighted by Gasteiger charge is 2.23. The molecule has 0 radical (unpaired) electrons. The van der Waals surface area contributed by atoms with E-state index in [-0.39, 0.29) is 0 Å². The molecule has 0 aromatic rings. The van der Waals surface area contributed by atoms with Gasteiger partial charge < -0.3 is 5.32 Å². The molecule has 2 heteroatoms. The van der Waals surface area contributed by atoms with Crippen LogP contribution >= 0.6 is 0 Å². The number of hydrogen-bond donors (Lipinski definition) is 1. The topological polar surface area (TPSA) is 15.3 Å². The highest BCUT2D eigenvalue weighted by Crippen LogP contribution is 2.28. The van der Waals surface area contributed by atoms with Crippen LogP contribution in [-0.4, -0.2) is 37.1 Å². The van der Waals surface area contributed by atoms with E-state index in [9.17, 15) is 0 Å². The Labute approximate surface area is 115 Å². The van der Waals surface area contributed by atoms with E-state index >= 15 is 0 Å². The van der Waals surface area contributed by atoms with Crippen LogP contribution in [0.3, 0.4) is 0 Å². The predicted molar refractivity (Wildman–Crippen MR) is 81.0 cm³/mol. The minimum absolute atomic E-state index is 0.749. The van der Waals surface area contributed by atoms with Gasteiger partial charge in [-0.25, -0.2) is 0 Å². The lowest BCUT2D eigenvalue weighted by Crippen LogP contribution is -2.45. The van der Waals surface area contributed by atoms with E-state index in [1.807, 2.05) is 0 Å². The molecule has 1 rings (SSSR count). The van der Waals surface area contributed by atoms with Crippen molar-refractivity contribution in [2.24, 2.45) is 11.8 Å². The van der Waals surface area contributed by atoms with Gasteiger partial charge in [-0.2, -0.15) is 0 Å². The number of hydrogen-bond acceptors (Lipinski definition) is 2. The van der Waals surface area contributed by atoms with Crippen molar-refractivity contribution >= 4 is 0 Å². The molecule has 108 valence electrons. The van der Waals surface area contributed by atoms with Gasteiger partial charge in [0.05, 0.1) is 0 Å². The highest BCUT2D eigenvalue weighted by atomic mass is 15.2. The van der Waals surface area contributed by atoms with Gasteiger partial charge in [0.1, 0.15) is 0 Å². The number of nitrogens with zero attached hydrogens (tertiary/aromatic N) is 1. The second kappa shape index (κ2) is 8.92. The summed E-state index contributed by atoms with van der Waals surface area (Å²) >= 11 is 0. The van der Waals surface area contributed by atoms with Crippen molar-refractivity contribution in [3.8, 4) is 0 Å². The minimum Gasteiger partial charge on any atom is -0.315 e. The third-order valence-electron chi connectivity index (χ3n) is 4.19. The third kappa shape index (κ3) is 5.71. The summed E-state index contributed by atoms with van der Waals surface area (Å²) in [5.74, 6) is 1.75. The van der Waals surface area contributed by atoms with Crippen molar-refractivity contribution in [2.45, 2.75) is 65.8 Å². The Morgan fingerprint density at radius 2 is 1.89 bits per heavy atom. The molecular formula is C16H34N2. The highest BCUT2D eigenvalue weighted by molar-refractivity contribution is 4.79. The van der Waals surface area contributed by atoms with E-state index in [0.717, 1.165) is 24.4 Å². The molecule has 1 aliphatic rings. The van der Waals surface area contributed by atoms with E-state index in [1.165, 1.54) is 51.7 Å². The molecule has 18 heavy (non-hydrogen) atoms. The molecule has 0 saturated heterocycles. The van der Waals surface area contributed by atoms with Crippen LogP contribution in [0.2, 0.25) is 0 Å². The smallest absolute Gasteiger partial charge is 0.0220 e. The third-order valence-corrected chi connectivity index (χ3v) is 4.19. The molecule has 1 atom stereocenters. The maximum absolute atomic E-state index is 3.65.